The van der Waals surface area contributed by atoms with Gasteiger partial charge in [-0.05, 0) is 29.3 Å². The molecule has 4 aromatic rings. The van der Waals surface area contributed by atoms with E-state index in [0.717, 1.165) is 47.7 Å². The molecule has 152 valence electrons. The highest BCUT2D eigenvalue weighted by Gasteiger charge is 2.26. The quantitative estimate of drug-likeness (QED) is 0.507. The van der Waals surface area contributed by atoms with Gasteiger partial charge in [-0.15, -0.1) is 5.10 Å². The van der Waals surface area contributed by atoms with Gasteiger partial charge >= 0.3 is 0 Å². The van der Waals surface area contributed by atoms with Crippen molar-refractivity contribution in [2.75, 3.05) is 26.8 Å². The number of benzene rings is 2. The lowest BCUT2D eigenvalue weighted by atomic mass is 10.1. The van der Waals surface area contributed by atoms with Crippen LogP contribution in [0.25, 0.3) is 16.6 Å². The summed E-state index contributed by atoms with van der Waals surface area (Å²) in [6.45, 7) is 3.34. The molecule has 0 spiro atoms. The second-order valence-electron chi connectivity index (χ2n) is 7.53. The fraction of sp³-hybridized carbons (Fsp3) is 0.250. The highest BCUT2D eigenvalue weighted by molar-refractivity contribution is 5.66. The van der Waals surface area contributed by atoms with Crippen LogP contribution in [-0.4, -0.2) is 46.5 Å². The first-order chi connectivity index (χ1) is 14.8. The van der Waals surface area contributed by atoms with Crippen molar-refractivity contribution < 1.29 is 9.47 Å². The van der Waals surface area contributed by atoms with Gasteiger partial charge in [-0.25, -0.2) is 4.52 Å². The summed E-state index contributed by atoms with van der Waals surface area (Å²) in [6, 6.07) is 22.7. The van der Waals surface area contributed by atoms with Gasteiger partial charge < -0.3 is 9.47 Å². The van der Waals surface area contributed by atoms with Crippen molar-refractivity contribution in [2.24, 2.45) is 0 Å². The van der Waals surface area contributed by atoms with Crippen molar-refractivity contribution in [1.29, 1.82) is 0 Å². The maximum atomic E-state index is 6.07. The maximum absolute atomic E-state index is 6.07. The maximum Gasteiger partial charge on any atom is 0.121 e. The number of nitrogens with zero attached hydrogens (tertiary/aromatic N) is 4. The van der Waals surface area contributed by atoms with Crippen molar-refractivity contribution in [2.45, 2.75) is 12.6 Å². The molecule has 0 amide bonds. The van der Waals surface area contributed by atoms with E-state index in [4.69, 9.17) is 9.47 Å². The number of rotatable bonds is 5. The van der Waals surface area contributed by atoms with Crippen molar-refractivity contribution in [3.05, 3.63) is 84.2 Å². The Labute approximate surface area is 175 Å². The minimum atomic E-state index is -0.0770. The van der Waals surface area contributed by atoms with Gasteiger partial charge in [-0.3, -0.25) is 4.90 Å². The summed E-state index contributed by atoms with van der Waals surface area (Å²) in [5.74, 6) is 0.845. The number of morpholine rings is 1. The summed E-state index contributed by atoms with van der Waals surface area (Å²) in [5, 5.41) is 8.83. The van der Waals surface area contributed by atoms with Gasteiger partial charge in [0.2, 0.25) is 0 Å². The lowest BCUT2D eigenvalue weighted by Gasteiger charge is -2.32. The predicted molar refractivity (Wildman–Crippen MR) is 115 cm³/mol. The van der Waals surface area contributed by atoms with Gasteiger partial charge in [0, 0.05) is 31.4 Å². The summed E-state index contributed by atoms with van der Waals surface area (Å²) in [5.41, 5.74) is 5.39. The fourth-order valence-corrected chi connectivity index (χ4v) is 3.95. The molecule has 1 atom stereocenters. The van der Waals surface area contributed by atoms with Gasteiger partial charge in [0.25, 0.3) is 0 Å². The van der Waals surface area contributed by atoms with Gasteiger partial charge in [0.05, 0.1) is 19.2 Å². The Hall–Kier alpha value is -3.22. The van der Waals surface area contributed by atoms with Crippen LogP contribution < -0.4 is 4.74 Å². The van der Waals surface area contributed by atoms with Crippen LogP contribution in [0.15, 0.2) is 72.9 Å². The van der Waals surface area contributed by atoms with Crippen LogP contribution in [0.2, 0.25) is 0 Å². The van der Waals surface area contributed by atoms with Gasteiger partial charge in [-0.2, -0.15) is 0 Å². The topological polar surface area (TPSA) is 51.9 Å². The van der Waals surface area contributed by atoms with E-state index in [1.165, 1.54) is 5.56 Å². The summed E-state index contributed by atoms with van der Waals surface area (Å²) in [4.78, 5) is 2.42. The monoisotopic (exact) mass is 400 g/mol. The first-order valence-electron chi connectivity index (χ1n) is 10.2. The third-order valence-corrected chi connectivity index (χ3v) is 5.57. The lowest BCUT2D eigenvalue weighted by Crippen LogP contribution is -2.38. The molecule has 1 aliphatic rings. The molecule has 6 heteroatoms. The molecule has 30 heavy (non-hydrogen) atoms. The Morgan fingerprint density at radius 3 is 2.60 bits per heavy atom. The minimum absolute atomic E-state index is 0.0770. The van der Waals surface area contributed by atoms with Gasteiger partial charge in [-0.1, -0.05) is 53.7 Å². The van der Waals surface area contributed by atoms with Crippen molar-refractivity contribution in [3.63, 3.8) is 0 Å². The van der Waals surface area contributed by atoms with E-state index in [1.807, 2.05) is 35.0 Å². The second kappa shape index (κ2) is 8.26. The van der Waals surface area contributed by atoms with E-state index < -0.39 is 0 Å². The molecule has 6 nitrogen and oxygen atoms in total. The van der Waals surface area contributed by atoms with Crippen LogP contribution in [0.4, 0.5) is 0 Å². The van der Waals surface area contributed by atoms with Crippen LogP contribution in [0.5, 0.6) is 5.75 Å². The molecular formula is C24H24N4O2. The van der Waals surface area contributed by atoms with Gasteiger partial charge in [0.1, 0.15) is 17.5 Å². The molecule has 2 aromatic carbocycles. The first-order valence-corrected chi connectivity index (χ1v) is 10.2. The molecule has 3 heterocycles. The average Bonchev–Trinajstić information content (AvgIpc) is 3.23. The van der Waals surface area contributed by atoms with E-state index in [2.05, 4.69) is 57.7 Å². The average molecular weight is 400 g/mol. The number of hydrogen-bond acceptors (Lipinski definition) is 5. The standard InChI is InChI=1S/C24H24N4O2/c1-29-21-10-7-19(8-11-21)20-9-12-22-24(25-26-28(22)16-20)23-17-27(13-14-30-23)15-18-5-3-2-4-6-18/h2-12,16,23H,13-15,17H2,1H3/t23-/m1/s1. The molecule has 0 radical (unpaired) electrons. The van der Waals surface area contributed by atoms with Crippen LogP contribution in [0, 0.1) is 0 Å². The predicted octanol–water partition coefficient (Wildman–Crippen LogP) is 3.98. The number of hydrogen-bond donors (Lipinski definition) is 0. The van der Waals surface area contributed by atoms with Gasteiger partial charge in [0.15, 0.2) is 0 Å². The summed E-state index contributed by atoms with van der Waals surface area (Å²) in [6.07, 6.45) is 1.94. The Morgan fingerprint density at radius 2 is 1.80 bits per heavy atom. The lowest BCUT2D eigenvalue weighted by molar-refractivity contribution is -0.0343. The van der Waals surface area contributed by atoms with E-state index in [9.17, 15) is 0 Å². The number of fused-ring (bicyclic) bond motifs is 1. The van der Waals surface area contributed by atoms with Crippen LogP contribution in [0.1, 0.15) is 17.4 Å². The van der Waals surface area contributed by atoms with E-state index in [-0.39, 0.29) is 6.10 Å². The summed E-state index contributed by atoms with van der Waals surface area (Å²) < 4.78 is 13.2. The summed E-state index contributed by atoms with van der Waals surface area (Å²) >= 11 is 0. The zero-order valence-electron chi connectivity index (χ0n) is 16.9. The van der Waals surface area contributed by atoms with Crippen LogP contribution in [-0.2, 0) is 11.3 Å². The molecule has 1 saturated heterocycles. The molecule has 0 saturated carbocycles. The van der Waals surface area contributed by atoms with Crippen molar-refractivity contribution in [3.8, 4) is 16.9 Å². The molecule has 1 aliphatic heterocycles. The molecule has 0 unspecified atom stereocenters. The Bertz CT molecular complexity index is 1130. The Balaban J connectivity index is 1.36. The fourth-order valence-electron chi connectivity index (χ4n) is 3.95. The zero-order valence-corrected chi connectivity index (χ0v) is 16.9. The second-order valence-corrected chi connectivity index (χ2v) is 7.53. The number of ether oxygens (including phenoxy) is 2. The smallest absolute Gasteiger partial charge is 0.121 e. The third kappa shape index (κ3) is 3.79. The first kappa shape index (κ1) is 18.8. The van der Waals surface area contributed by atoms with E-state index in [0.29, 0.717) is 6.61 Å². The summed E-state index contributed by atoms with van der Waals surface area (Å²) in [7, 11) is 1.67. The number of aromatic nitrogens is 3. The number of methoxy groups -OCH3 is 1. The largest absolute Gasteiger partial charge is 0.497 e. The molecule has 2 aromatic heterocycles. The van der Waals surface area contributed by atoms with E-state index in [1.54, 1.807) is 7.11 Å². The third-order valence-electron chi connectivity index (χ3n) is 5.57. The Morgan fingerprint density at radius 1 is 1.00 bits per heavy atom. The highest BCUT2D eigenvalue weighted by Crippen LogP contribution is 2.28. The zero-order chi connectivity index (χ0) is 20.3. The molecule has 1 fully saturated rings. The molecule has 0 bridgehead atoms. The minimum Gasteiger partial charge on any atom is -0.497 e. The van der Waals surface area contributed by atoms with E-state index >= 15 is 0 Å². The van der Waals surface area contributed by atoms with Crippen molar-refractivity contribution in [1.82, 2.24) is 19.7 Å². The molecule has 0 N–H and O–H groups in total. The normalized spacial score (nSPS) is 17.3. The Kier molecular flexibility index (Phi) is 5.17. The molecular weight excluding hydrogens is 376 g/mol. The molecule has 5 rings (SSSR count). The number of pyridine rings is 1. The van der Waals surface area contributed by atoms with Crippen LogP contribution in [0.3, 0.4) is 0 Å². The molecule has 0 aliphatic carbocycles. The van der Waals surface area contributed by atoms with Crippen molar-refractivity contribution >= 4 is 5.52 Å². The SMILES string of the molecule is COc1ccc(-c2ccc3c([C@H]4CN(Cc5ccccc5)CCO4)nnn3c2)cc1. The highest BCUT2D eigenvalue weighted by atomic mass is 16.5. The van der Waals surface area contributed by atoms with Crippen LogP contribution >= 0.6 is 0 Å².